The lowest BCUT2D eigenvalue weighted by molar-refractivity contribution is 0.0564. The summed E-state index contributed by atoms with van der Waals surface area (Å²) >= 11 is 0. The molecule has 30 heavy (non-hydrogen) atoms. The molecule has 1 fully saturated rings. The van der Waals surface area contributed by atoms with Crippen molar-refractivity contribution in [2.24, 2.45) is 0 Å². The van der Waals surface area contributed by atoms with Crippen molar-refractivity contribution >= 4 is 23.3 Å². The lowest BCUT2D eigenvalue weighted by Gasteiger charge is -2.26. The van der Waals surface area contributed by atoms with Crippen LogP contribution in [0.4, 0.5) is 20.8 Å². The van der Waals surface area contributed by atoms with Gasteiger partial charge >= 0.3 is 6.03 Å². The van der Waals surface area contributed by atoms with Gasteiger partial charge in [-0.15, -0.1) is 10.2 Å². The highest BCUT2D eigenvalue weighted by atomic mass is 19.1. The van der Waals surface area contributed by atoms with Crippen LogP contribution in [0.15, 0.2) is 24.7 Å². The number of carbonyl (C=O) groups is 1. The Morgan fingerprint density at radius 3 is 2.97 bits per heavy atom. The fourth-order valence-electron chi connectivity index (χ4n) is 3.67. The standard InChI is InChI=1S/C19H20FN7O3/c20-14-1-2-16-12(3-6-30-16)13(14)9-21-18-22-10-15(17-25-23-11-27(17)18)24-19(28)26-4-7-29-8-5-26/h1-2,10-11H,3-9H2,(H,21,22)(H,24,28). The number of carbonyl (C=O) groups excluding carboxylic acids is 1. The Hall–Kier alpha value is -3.47. The first-order valence-electron chi connectivity index (χ1n) is 9.70. The minimum absolute atomic E-state index is 0.234. The van der Waals surface area contributed by atoms with Gasteiger partial charge in [-0.2, -0.15) is 0 Å². The van der Waals surface area contributed by atoms with Crippen molar-refractivity contribution < 1.29 is 18.7 Å². The van der Waals surface area contributed by atoms with Gasteiger partial charge in [-0.1, -0.05) is 0 Å². The number of rotatable bonds is 4. The van der Waals surface area contributed by atoms with Gasteiger partial charge in [0.25, 0.3) is 0 Å². The summed E-state index contributed by atoms with van der Waals surface area (Å²) < 4.78 is 26.8. The smallest absolute Gasteiger partial charge is 0.322 e. The molecular weight excluding hydrogens is 393 g/mol. The minimum atomic E-state index is -0.291. The average Bonchev–Trinajstić information content (AvgIpc) is 3.45. The predicted molar refractivity (Wildman–Crippen MR) is 105 cm³/mol. The van der Waals surface area contributed by atoms with Crippen LogP contribution in [-0.4, -0.2) is 63.4 Å². The van der Waals surface area contributed by atoms with Gasteiger partial charge in [0.15, 0.2) is 5.65 Å². The number of halogens is 1. The highest BCUT2D eigenvalue weighted by Crippen LogP contribution is 2.30. The first-order valence-corrected chi connectivity index (χ1v) is 9.70. The van der Waals surface area contributed by atoms with E-state index >= 15 is 0 Å². The third-order valence-electron chi connectivity index (χ3n) is 5.24. The van der Waals surface area contributed by atoms with Gasteiger partial charge in [-0.25, -0.2) is 18.6 Å². The van der Waals surface area contributed by atoms with Crippen molar-refractivity contribution in [3.05, 3.63) is 41.6 Å². The zero-order chi connectivity index (χ0) is 20.5. The van der Waals surface area contributed by atoms with Gasteiger partial charge in [0.2, 0.25) is 5.95 Å². The normalized spacial score (nSPS) is 15.7. The lowest BCUT2D eigenvalue weighted by atomic mass is 10.0. The van der Waals surface area contributed by atoms with E-state index in [0.717, 1.165) is 11.3 Å². The van der Waals surface area contributed by atoms with E-state index in [-0.39, 0.29) is 18.4 Å². The Morgan fingerprint density at radius 1 is 1.23 bits per heavy atom. The van der Waals surface area contributed by atoms with Crippen molar-refractivity contribution in [2.75, 3.05) is 43.5 Å². The molecule has 5 rings (SSSR count). The predicted octanol–water partition coefficient (Wildman–Crippen LogP) is 1.67. The summed E-state index contributed by atoms with van der Waals surface area (Å²) in [5, 5.41) is 14.0. The molecule has 0 radical (unpaired) electrons. The quantitative estimate of drug-likeness (QED) is 0.670. The van der Waals surface area contributed by atoms with E-state index in [1.165, 1.54) is 18.6 Å². The average molecular weight is 413 g/mol. The van der Waals surface area contributed by atoms with Crippen LogP contribution in [0.2, 0.25) is 0 Å². The number of hydrogen-bond donors (Lipinski definition) is 2. The number of amides is 2. The summed E-state index contributed by atoms with van der Waals surface area (Å²) in [4.78, 5) is 18.5. The molecule has 2 amide bonds. The Bertz CT molecular complexity index is 1100. The summed E-state index contributed by atoms with van der Waals surface area (Å²) in [5.74, 6) is 0.869. The molecular formula is C19H20FN7O3. The molecule has 0 atom stereocenters. The third-order valence-corrected chi connectivity index (χ3v) is 5.24. The summed E-state index contributed by atoms with van der Waals surface area (Å²) in [6.07, 6.45) is 3.68. The molecule has 2 aromatic heterocycles. The lowest BCUT2D eigenvalue weighted by Crippen LogP contribution is -2.43. The zero-order valence-electron chi connectivity index (χ0n) is 16.1. The van der Waals surface area contributed by atoms with Crippen LogP contribution < -0.4 is 15.4 Å². The second-order valence-electron chi connectivity index (χ2n) is 7.00. The number of aromatic nitrogens is 4. The van der Waals surface area contributed by atoms with E-state index in [9.17, 15) is 9.18 Å². The van der Waals surface area contributed by atoms with Crippen molar-refractivity contribution in [3.8, 4) is 5.75 Å². The molecule has 0 unspecified atom stereocenters. The fourth-order valence-corrected chi connectivity index (χ4v) is 3.67. The Kier molecular flexibility index (Phi) is 4.79. The molecule has 1 aromatic carbocycles. The van der Waals surface area contributed by atoms with Crippen LogP contribution >= 0.6 is 0 Å². The number of nitrogens with zero attached hydrogens (tertiary/aromatic N) is 5. The summed E-state index contributed by atoms with van der Waals surface area (Å²) in [6, 6.07) is 2.82. The van der Waals surface area contributed by atoms with E-state index in [1.54, 1.807) is 15.4 Å². The highest BCUT2D eigenvalue weighted by molar-refractivity contribution is 5.93. The molecule has 156 valence electrons. The van der Waals surface area contributed by atoms with Crippen LogP contribution in [0.3, 0.4) is 0 Å². The largest absolute Gasteiger partial charge is 0.493 e. The van der Waals surface area contributed by atoms with Crippen LogP contribution in [-0.2, 0) is 17.7 Å². The monoisotopic (exact) mass is 413 g/mol. The molecule has 2 aliphatic rings. The van der Waals surface area contributed by atoms with Crippen LogP contribution in [0, 0.1) is 5.82 Å². The SMILES string of the molecule is O=C(Nc1cnc(NCc2c(F)ccc3c2CCO3)n2cnnc12)N1CCOCC1. The number of nitrogens with one attached hydrogen (secondary N) is 2. The maximum atomic E-state index is 14.4. The van der Waals surface area contributed by atoms with Crippen molar-refractivity contribution in [1.82, 2.24) is 24.5 Å². The Morgan fingerprint density at radius 2 is 2.10 bits per heavy atom. The van der Waals surface area contributed by atoms with Gasteiger partial charge in [0.1, 0.15) is 23.6 Å². The first-order chi connectivity index (χ1) is 14.7. The topological polar surface area (TPSA) is 106 Å². The number of ether oxygens (including phenoxy) is 2. The number of anilines is 2. The van der Waals surface area contributed by atoms with Gasteiger partial charge in [-0.05, 0) is 12.1 Å². The van der Waals surface area contributed by atoms with Crippen molar-refractivity contribution in [2.45, 2.75) is 13.0 Å². The second-order valence-corrected chi connectivity index (χ2v) is 7.00. The first kappa shape index (κ1) is 18.6. The van der Waals surface area contributed by atoms with Gasteiger partial charge in [0.05, 0.1) is 26.0 Å². The summed E-state index contributed by atoms with van der Waals surface area (Å²) in [5.41, 5.74) is 2.31. The molecule has 0 bridgehead atoms. The molecule has 4 heterocycles. The van der Waals surface area contributed by atoms with Gasteiger partial charge < -0.3 is 25.0 Å². The van der Waals surface area contributed by atoms with E-state index in [1.807, 2.05) is 0 Å². The third kappa shape index (κ3) is 3.36. The molecule has 10 nitrogen and oxygen atoms in total. The van der Waals surface area contributed by atoms with E-state index in [2.05, 4.69) is 25.8 Å². The van der Waals surface area contributed by atoms with Gasteiger partial charge in [0, 0.05) is 37.2 Å². The Balaban J connectivity index is 1.36. The van der Waals surface area contributed by atoms with Crippen LogP contribution in [0.1, 0.15) is 11.1 Å². The van der Waals surface area contributed by atoms with Crippen LogP contribution in [0.25, 0.3) is 5.65 Å². The van der Waals surface area contributed by atoms with Crippen molar-refractivity contribution in [3.63, 3.8) is 0 Å². The molecule has 0 aliphatic carbocycles. The minimum Gasteiger partial charge on any atom is -0.493 e. The number of morpholine rings is 1. The highest BCUT2D eigenvalue weighted by Gasteiger charge is 2.21. The molecule has 0 spiro atoms. The molecule has 1 saturated heterocycles. The summed E-state index contributed by atoms with van der Waals surface area (Å²) in [6.45, 7) is 2.87. The molecule has 0 saturated carbocycles. The number of fused-ring (bicyclic) bond motifs is 2. The van der Waals surface area contributed by atoms with Gasteiger partial charge in [-0.3, -0.25) is 0 Å². The maximum Gasteiger partial charge on any atom is 0.322 e. The maximum absolute atomic E-state index is 14.4. The Labute approximate surface area is 171 Å². The molecule has 2 N–H and O–H groups in total. The number of urea groups is 1. The zero-order valence-corrected chi connectivity index (χ0v) is 16.1. The molecule has 3 aromatic rings. The number of hydrogen-bond acceptors (Lipinski definition) is 7. The second kappa shape index (κ2) is 7.75. The number of benzene rings is 1. The van der Waals surface area contributed by atoms with E-state index in [0.29, 0.717) is 62.2 Å². The van der Waals surface area contributed by atoms with Crippen molar-refractivity contribution in [1.29, 1.82) is 0 Å². The fraction of sp³-hybridized carbons (Fsp3) is 0.368. The summed E-state index contributed by atoms with van der Waals surface area (Å²) in [7, 11) is 0. The molecule has 2 aliphatic heterocycles. The molecule has 11 heteroatoms. The van der Waals surface area contributed by atoms with E-state index < -0.39 is 0 Å². The van der Waals surface area contributed by atoms with E-state index in [4.69, 9.17) is 9.47 Å². The van der Waals surface area contributed by atoms with Crippen LogP contribution in [0.5, 0.6) is 5.75 Å².